The average Bonchev–Trinajstić information content (AvgIpc) is 2.62. The number of halogens is 3. The zero-order valence-electron chi connectivity index (χ0n) is 13.8. The van der Waals surface area contributed by atoms with Crippen molar-refractivity contribution in [2.45, 2.75) is 12.5 Å². The normalized spacial score (nSPS) is 11.8. The number of benzene rings is 3. The van der Waals surface area contributed by atoms with Crippen LogP contribution in [0.5, 0.6) is 0 Å². The third-order valence-electron chi connectivity index (χ3n) is 3.99. The van der Waals surface area contributed by atoms with Gasteiger partial charge in [-0.25, -0.2) is 0 Å². The molecule has 0 aliphatic rings. The number of ketones is 1. The standard InChI is InChI=1S/C21H16Br2ClNO/c22-16-8-4-14(5-9-16)20(25-19-3-1-2-18(24)12-19)13-21(26)15-6-10-17(23)11-7-15/h1-12,20,25H,13H2. The summed E-state index contributed by atoms with van der Waals surface area (Å²) < 4.78 is 1.96. The topological polar surface area (TPSA) is 29.1 Å². The van der Waals surface area contributed by atoms with E-state index in [4.69, 9.17) is 11.6 Å². The first-order valence-electron chi connectivity index (χ1n) is 8.07. The van der Waals surface area contributed by atoms with Crippen molar-refractivity contribution in [3.63, 3.8) is 0 Å². The quantitative estimate of drug-likeness (QED) is 0.365. The molecule has 0 bridgehead atoms. The van der Waals surface area contributed by atoms with Crippen molar-refractivity contribution in [3.05, 3.63) is 97.9 Å². The van der Waals surface area contributed by atoms with Crippen LogP contribution in [0.1, 0.15) is 28.4 Å². The summed E-state index contributed by atoms with van der Waals surface area (Å²) >= 11 is 12.9. The Balaban J connectivity index is 1.85. The number of carbonyl (C=O) groups excluding carboxylic acids is 1. The number of rotatable bonds is 6. The van der Waals surface area contributed by atoms with E-state index >= 15 is 0 Å². The van der Waals surface area contributed by atoms with Crippen LogP contribution in [-0.2, 0) is 0 Å². The van der Waals surface area contributed by atoms with Crippen LogP contribution in [-0.4, -0.2) is 5.78 Å². The lowest BCUT2D eigenvalue weighted by Gasteiger charge is -2.20. The van der Waals surface area contributed by atoms with Crippen LogP contribution in [0, 0.1) is 0 Å². The van der Waals surface area contributed by atoms with E-state index in [9.17, 15) is 4.79 Å². The van der Waals surface area contributed by atoms with Crippen molar-refractivity contribution in [2.75, 3.05) is 5.32 Å². The Morgan fingerprint density at radius 2 is 1.54 bits per heavy atom. The molecular weight excluding hydrogens is 477 g/mol. The summed E-state index contributed by atoms with van der Waals surface area (Å²) in [5.74, 6) is 0.0833. The Hall–Kier alpha value is -1.62. The summed E-state index contributed by atoms with van der Waals surface area (Å²) in [5.41, 5.74) is 2.62. The van der Waals surface area contributed by atoms with E-state index in [-0.39, 0.29) is 11.8 Å². The van der Waals surface area contributed by atoms with Crippen LogP contribution < -0.4 is 5.32 Å². The predicted octanol–water partition coefficient (Wildman–Crippen LogP) is 7.29. The molecule has 0 heterocycles. The molecule has 3 aromatic carbocycles. The first-order valence-corrected chi connectivity index (χ1v) is 10.0. The van der Waals surface area contributed by atoms with E-state index in [2.05, 4.69) is 37.2 Å². The Morgan fingerprint density at radius 3 is 2.15 bits per heavy atom. The summed E-state index contributed by atoms with van der Waals surface area (Å²) in [5, 5.41) is 4.09. The van der Waals surface area contributed by atoms with Gasteiger partial charge in [-0.3, -0.25) is 4.79 Å². The van der Waals surface area contributed by atoms with Crippen LogP contribution >= 0.6 is 43.5 Å². The molecule has 0 aromatic heterocycles. The van der Waals surface area contributed by atoms with E-state index in [0.29, 0.717) is 17.0 Å². The van der Waals surface area contributed by atoms with E-state index in [1.54, 1.807) is 0 Å². The predicted molar refractivity (Wildman–Crippen MR) is 115 cm³/mol. The average molecular weight is 494 g/mol. The van der Waals surface area contributed by atoms with Gasteiger partial charge in [-0.1, -0.05) is 73.8 Å². The Labute approximate surface area is 174 Å². The lowest BCUT2D eigenvalue weighted by atomic mass is 9.97. The molecule has 0 amide bonds. The largest absolute Gasteiger partial charge is 0.378 e. The monoisotopic (exact) mass is 491 g/mol. The highest BCUT2D eigenvalue weighted by Crippen LogP contribution is 2.27. The van der Waals surface area contributed by atoms with Gasteiger partial charge in [0.05, 0.1) is 6.04 Å². The van der Waals surface area contributed by atoms with Crippen molar-refractivity contribution < 1.29 is 4.79 Å². The molecule has 0 spiro atoms. The van der Waals surface area contributed by atoms with Crippen LogP contribution in [0.25, 0.3) is 0 Å². The molecule has 0 aliphatic carbocycles. The molecule has 26 heavy (non-hydrogen) atoms. The Kier molecular flexibility index (Phi) is 6.52. The van der Waals surface area contributed by atoms with Crippen molar-refractivity contribution in [3.8, 4) is 0 Å². The molecule has 0 radical (unpaired) electrons. The van der Waals surface area contributed by atoms with Crippen LogP contribution in [0.15, 0.2) is 81.7 Å². The number of carbonyl (C=O) groups is 1. The highest BCUT2D eigenvalue weighted by atomic mass is 79.9. The Morgan fingerprint density at radius 1 is 0.923 bits per heavy atom. The number of nitrogens with one attached hydrogen (secondary N) is 1. The van der Waals surface area contributed by atoms with Crippen molar-refractivity contribution in [1.29, 1.82) is 0 Å². The summed E-state index contributed by atoms with van der Waals surface area (Å²) in [6.45, 7) is 0. The minimum atomic E-state index is -0.155. The fourth-order valence-electron chi connectivity index (χ4n) is 2.67. The van der Waals surface area contributed by atoms with Gasteiger partial charge in [0.25, 0.3) is 0 Å². The highest BCUT2D eigenvalue weighted by Gasteiger charge is 2.17. The SMILES string of the molecule is O=C(CC(Nc1cccc(Cl)c1)c1ccc(Br)cc1)c1ccc(Br)cc1. The van der Waals surface area contributed by atoms with Gasteiger partial charge in [-0.2, -0.15) is 0 Å². The van der Waals surface area contributed by atoms with Gasteiger partial charge in [0.1, 0.15) is 0 Å². The molecule has 5 heteroatoms. The smallest absolute Gasteiger partial charge is 0.165 e. The Bertz CT molecular complexity index is 895. The lowest BCUT2D eigenvalue weighted by molar-refractivity contribution is 0.0976. The number of anilines is 1. The van der Waals surface area contributed by atoms with Gasteiger partial charge < -0.3 is 5.32 Å². The summed E-state index contributed by atoms with van der Waals surface area (Å²) in [6, 6.07) is 22.8. The second-order valence-electron chi connectivity index (χ2n) is 5.89. The van der Waals surface area contributed by atoms with Gasteiger partial charge in [0.2, 0.25) is 0 Å². The summed E-state index contributed by atoms with van der Waals surface area (Å²) in [4.78, 5) is 12.8. The van der Waals surface area contributed by atoms with E-state index < -0.39 is 0 Å². The van der Waals surface area contributed by atoms with Crippen molar-refractivity contribution in [1.82, 2.24) is 0 Å². The molecular formula is C21H16Br2ClNO. The van der Waals surface area contributed by atoms with Crippen molar-refractivity contribution in [2.24, 2.45) is 0 Å². The molecule has 3 aromatic rings. The second kappa shape index (κ2) is 8.85. The zero-order chi connectivity index (χ0) is 18.5. The fourth-order valence-corrected chi connectivity index (χ4v) is 3.38. The van der Waals surface area contributed by atoms with E-state index in [1.807, 2.05) is 72.8 Å². The summed E-state index contributed by atoms with van der Waals surface area (Å²) in [7, 11) is 0. The van der Waals surface area contributed by atoms with E-state index in [1.165, 1.54) is 0 Å². The van der Waals surface area contributed by atoms with E-state index in [0.717, 1.165) is 20.2 Å². The van der Waals surface area contributed by atoms with Crippen molar-refractivity contribution >= 4 is 54.9 Å². The number of hydrogen-bond donors (Lipinski definition) is 1. The zero-order valence-corrected chi connectivity index (χ0v) is 17.7. The molecule has 0 saturated heterocycles. The molecule has 1 N–H and O–H groups in total. The van der Waals surface area contributed by atoms with Gasteiger partial charge in [-0.15, -0.1) is 0 Å². The molecule has 132 valence electrons. The van der Waals surface area contributed by atoms with Gasteiger partial charge in [0, 0.05) is 31.6 Å². The minimum absolute atomic E-state index is 0.0833. The fraction of sp³-hybridized carbons (Fsp3) is 0.0952. The third-order valence-corrected chi connectivity index (χ3v) is 5.29. The number of hydrogen-bond acceptors (Lipinski definition) is 2. The molecule has 0 fully saturated rings. The first kappa shape index (κ1) is 19.2. The minimum Gasteiger partial charge on any atom is -0.378 e. The van der Waals surface area contributed by atoms with Gasteiger partial charge >= 0.3 is 0 Å². The molecule has 1 unspecified atom stereocenters. The summed E-state index contributed by atoms with van der Waals surface area (Å²) in [6.07, 6.45) is 0.343. The molecule has 0 aliphatic heterocycles. The number of Topliss-reactive ketones (excluding diaryl/α,β-unsaturated/α-hetero) is 1. The van der Waals surface area contributed by atoms with Gasteiger partial charge in [-0.05, 0) is 48.0 Å². The maximum Gasteiger partial charge on any atom is 0.165 e. The van der Waals surface area contributed by atoms with Crippen LogP contribution in [0.4, 0.5) is 5.69 Å². The first-order chi connectivity index (χ1) is 12.5. The maximum absolute atomic E-state index is 12.8. The second-order valence-corrected chi connectivity index (χ2v) is 8.16. The third kappa shape index (κ3) is 5.19. The molecule has 0 saturated carbocycles. The molecule has 2 nitrogen and oxygen atoms in total. The molecule has 1 atom stereocenters. The van der Waals surface area contributed by atoms with Crippen LogP contribution in [0.2, 0.25) is 5.02 Å². The van der Waals surface area contributed by atoms with Gasteiger partial charge in [0.15, 0.2) is 5.78 Å². The molecule has 3 rings (SSSR count). The lowest BCUT2D eigenvalue weighted by Crippen LogP contribution is -2.15. The maximum atomic E-state index is 12.8. The van der Waals surface area contributed by atoms with Crippen LogP contribution in [0.3, 0.4) is 0 Å². The highest BCUT2D eigenvalue weighted by molar-refractivity contribution is 9.10.